The fourth-order valence-electron chi connectivity index (χ4n) is 1.84. The molecule has 2 aromatic rings. The van der Waals surface area contributed by atoms with E-state index in [2.05, 4.69) is 15.8 Å². The zero-order valence-corrected chi connectivity index (χ0v) is 15.2. The molecule has 0 atom stereocenters. The first-order chi connectivity index (χ1) is 11.9. The van der Waals surface area contributed by atoms with E-state index in [9.17, 15) is 9.59 Å². The Bertz CT molecular complexity index is 809. The molecule has 0 aliphatic heterocycles. The van der Waals surface area contributed by atoms with Gasteiger partial charge in [0.05, 0.1) is 16.3 Å². The van der Waals surface area contributed by atoms with Crippen molar-refractivity contribution in [2.24, 2.45) is 5.10 Å². The standard InChI is InChI=1S/C17H14Cl3N3O2/c18-12-2-1-3-13(9-12)22-16(24)6-7-17(25)23-21-10-11-4-5-14(19)15(20)8-11/h1-5,8-10H,6-7H2,(H,22,24)(H,23,25)/b21-10-. The van der Waals surface area contributed by atoms with Crippen molar-refractivity contribution in [1.82, 2.24) is 5.43 Å². The number of nitrogens with one attached hydrogen (secondary N) is 2. The predicted octanol–water partition coefficient (Wildman–Crippen LogP) is 4.52. The van der Waals surface area contributed by atoms with Gasteiger partial charge in [0.15, 0.2) is 0 Å². The second kappa shape index (κ2) is 9.42. The topological polar surface area (TPSA) is 70.6 Å². The summed E-state index contributed by atoms with van der Waals surface area (Å²) in [5.74, 6) is -0.663. The molecule has 2 rings (SSSR count). The smallest absolute Gasteiger partial charge is 0.240 e. The van der Waals surface area contributed by atoms with E-state index in [1.54, 1.807) is 42.5 Å². The maximum Gasteiger partial charge on any atom is 0.240 e. The number of carbonyl (C=O) groups is 2. The maximum absolute atomic E-state index is 11.8. The van der Waals surface area contributed by atoms with Crippen molar-refractivity contribution in [2.45, 2.75) is 12.8 Å². The molecule has 0 aliphatic rings. The number of anilines is 1. The number of benzene rings is 2. The molecule has 0 saturated heterocycles. The summed E-state index contributed by atoms with van der Waals surface area (Å²) in [6.45, 7) is 0. The van der Waals surface area contributed by atoms with Gasteiger partial charge in [-0.15, -0.1) is 0 Å². The van der Waals surface area contributed by atoms with Crippen LogP contribution in [0.3, 0.4) is 0 Å². The lowest BCUT2D eigenvalue weighted by atomic mass is 10.2. The van der Waals surface area contributed by atoms with Crippen LogP contribution in [0, 0.1) is 0 Å². The van der Waals surface area contributed by atoms with Crippen LogP contribution in [-0.2, 0) is 9.59 Å². The highest BCUT2D eigenvalue weighted by molar-refractivity contribution is 6.42. The van der Waals surface area contributed by atoms with Gasteiger partial charge in [-0.2, -0.15) is 5.10 Å². The molecule has 2 amide bonds. The molecule has 0 radical (unpaired) electrons. The van der Waals surface area contributed by atoms with E-state index in [1.807, 2.05) is 0 Å². The molecule has 0 unspecified atom stereocenters. The summed E-state index contributed by atoms with van der Waals surface area (Å²) in [4.78, 5) is 23.5. The zero-order valence-electron chi connectivity index (χ0n) is 12.9. The highest BCUT2D eigenvalue weighted by Gasteiger charge is 2.07. The number of hydrazone groups is 1. The normalized spacial score (nSPS) is 10.7. The molecule has 0 aliphatic carbocycles. The first-order valence-corrected chi connectivity index (χ1v) is 8.40. The third kappa shape index (κ3) is 6.74. The van der Waals surface area contributed by atoms with E-state index in [4.69, 9.17) is 34.8 Å². The lowest BCUT2D eigenvalue weighted by Gasteiger charge is -2.05. The first kappa shape index (κ1) is 19.2. The van der Waals surface area contributed by atoms with Gasteiger partial charge in [-0.1, -0.05) is 46.9 Å². The molecule has 2 N–H and O–H groups in total. The molecule has 0 spiro atoms. The Labute approximate surface area is 160 Å². The van der Waals surface area contributed by atoms with Crippen LogP contribution in [-0.4, -0.2) is 18.0 Å². The third-order valence-electron chi connectivity index (χ3n) is 3.03. The number of rotatable bonds is 6. The SMILES string of the molecule is O=C(CCC(=O)Nc1cccc(Cl)c1)N/N=C\c1ccc(Cl)c(Cl)c1. The van der Waals surface area contributed by atoms with Crippen LogP contribution >= 0.6 is 34.8 Å². The van der Waals surface area contributed by atoms with Crippen molar-refractivity contribution in [3.63, 3.8) is 0 Å². The number of nitrogens with zero attached hydrogens (tertiary/aromatic N) is 1. The lowest BCUT2D eigenvalue weighted by molar-refractivity contribution is -0.124. The number of halogens is 3. The third-order valence-corrected chi connectivity index (χ3v) is 4.01. The monoisotopic (exact) mass is 397 g/mol. The van der Waals surface area contributed by atoms with Crippen LogP contribution in [0.4, 0.5) is 5.69 Å². The van der Waals surface area contributed by atoms with Gasteiger partial charge in [0, 0.05) is 23.6 Å². The molecule has 25 heavy (non-hydrogen) atoms. The molecule has 0 fully saturated rings. The molecular formula is C17H14Cl3N3O2. The summed E-state index contributed by atoms with van der Waals surface area (Å²) in [6.07, 6.45) is 1.47. The van der Waals surface area contributed by atoms with Gasteiger partial charge in [-0.05, 0) is 35.9 Å². The van der Waals surface area contributed by atoms with Crippen LogP contribution in [0.2, 0.25) is 15.1 Å². The molecule has 5 nitrogen and oxygen atoms in total. The Balaban J connectivity index is 1.75. The molecular weight excluding hydrogens is 385 g/mol. The fraction of sp³-hybridized carbons (Fsp3) is 0.118. The Morgan fingerprint density at radius 1 is 0.960 bits per heavy atom. The molecule has 2 aromatic carbocycles. The first-order valence-electron chi connectivity index (χ1n) is 7.26. The zero-order chi connectivity index (χ0) is 18.2. The number of hydrogen-bond donors (Lipinski definition) is 2. The molecule has 0 bridgehead atoms. The fourth-order valence-corrected chi connectivity index (χ4v) is 2.34. The summed E-state index contributed by atoms with van der Waals surface area (Å²) in [5, 5.41) is 7.83. The minimum absolute atomic E-state index is 0.00507. The largest absolute Gasteiger partial charge is 0.326 e. The predicted molar refractivity (Wildman–Crippen MR) is 102 cm³/mol. The van der Waals surface area contributed by atoms with Crippen molar-refractivity contribution in [3.8, 4) is 0 Å². The Morgan fingerprint density at radius 3 is 2.44 bits per heavy atom. The summed E-state index contributed by atoms with van der Waals surface area (Å²) >= 11 is 17.5. The van der Waals surface area contributed by atoms with Gasteiger partial charge in [-0.3, -0.25) is 9.59 Å². The Morgan fingerprint density at radius 2 is 1.72 bits per heavy atom. The summed E-state index contributed by atoms with van der Waals surface area (Å²) in [5.41, 5.74) is 3.61. The average Bonchev–Trinajstić information content (AvgIpc) is 2.56. The minimum Gasteiger partial charge on any atom is -0.326 e. The number of amides is 2. The molecule has 0 aromatic heterocycles. The van der Waals surface area contributed by atoms with Crippen molar-refractivity contribution < 1.29 is 9.59 Å². The van der Waals surface area contributed by atoms with E-state index in [1.165, 1.54) is 6.21 Å². The highest BCUT2D eigenvalue weighted by Crippen LogP contribution is 2.21. The van der Waals surface area contributed by atoms with Crippen molar-refractivity contribution in [2.75, 3.05) is 5.32 Å². The van der Waals surface area contributed by atoms with Gasteiger partial charge in [0.25, 0.3) is 0 Å². The van der Waals surface area contributed by atoms with Crippen LogP contribution in [0.25, 0.3) is 0 Å². The van der Waals surface area contributed by atoms with Crippen molar-refractivity contribution >= 4 is 58.5 Å². The average molecular weight is 399 g/mol. The summed E-state index contributed by atoms with van der Waals surface area (Å²) < 4.78 is 0. The van der Waals surface area contributed by atoms with Crippen LogP contribution in [0.5, 0.6) is 0 Å². The summed E-state index contributed by atoms with van der Waals surface area (Å²) in [7, 11) is 0. The highest BCUT2D eigenvalue weighted by atomic mass is 35.5. The van der Waals surface area contributed by atoms with Gasteiger partial charge >= 0.3 is 0 Å². The van der Waals surface area contributed by atoms with Crippen molar-refractivity contribution in [3.05, 3.63) is 63.1 Å². The van der Waals surface area contributed by atoms with Gasteiger partial charge in [-0.25, -0.2) is 5.43 Å². The Kier molecular flexibility index (Phi) is 7.25. The molecule has 0 saturated carbocycles. The van der Waals surface area contributed by atoms with Crippen LogP contribution in [0.1, 0.15) is 18.4 Å². The van der Waals surface area contributed by atoms with E-state index < -0.39 is 0 Å². The summed E-state index contributed by atoms with van der Waals surface area (Å²) in [6, 6.07) is 11.7. The quantitative estimate of drug-likeness (QED) is 0.555. The Hall–Kier alpha value is -2.08. The second-order valence-corrected chi connectivity index (χ2v) is 6.28. The second-order valence-electron chi connectivity index (χ2n) is 5.03. The maximum atomic E-state index is 11.8. The van der Waals surface area contributed by atoms with Crippen LogP contribution < -0.4 is 10.7 Å². The molecule has 130 valence electrons. The number of carbonyl (C=O) groups excluding carboxylic acids is 2. The van der Waals surface area contributed by atoms with Gasteiger partial charge in [0.1, 0.15) is 0 Å². The number of hydrogen-bond acceptors (Lipinski definition) is 3. The minimum atomic E-state index is -0.377. The van der Waals surface area contributed by atoms with Crippen LogP contribution in [0.15, 0.2) is 47.6 Å². The van der Waals surface area contributed by atoms with E-state index in [0.717, 1.165) is 0 Å². The lowest BCUT2D eigenvalue weighted by Crippen LogP contribution is -2.20. The van der Waals surface area contributed by atoms with E-state index >= 15 is 0 Å². The van der Waals surface area contributed by atoms with Crippen molar-refractivity contribution in [1.29, 1.82) is 0 Å². The van der Waals surface area contributed by atoms with Gasteiger partial charge < -0.3 is 5.32 Å². The van der Waals surface area contributed by atoms with E-state index in [0.29, 0.717) is 26.3 Å². The molecule has 0 heterocycles. The molecule has 8 heteroatoms. The van der Waals surface area contributed by atoms with Gasteiger partial charge in [0.2, 0.25) is 11.8 Å². The van der Waals surface area contributed by atoms with E-state index in [-0.39, 0.29) is 24.7 Å².